The molecule has 1 aliphatic rings. The van der Waals surface area contributed by atoms with Crippen molar-refractivity contribution in [2.45, 2.75) is 38.6 Å². The molecule has 6 nitrogen and oxygen atoms in total. The van der Waals surface area contributed by atoms with Crippen molar-refractivity contribution < 1.29 is 28.9 Å². The maximum Gasteiger partial charge on any atom is 0.303 e. The van der Waals surface area contributed by atoms with Crippen molar-refractivity contribution in [3.05, 3.63) is 0 Å². The van der Waals surface area contributed by atoms with E-state index in [0.717, 1.165) is 0 Å². The van der Waals surface area contributed by atoms with E-state index in [2.05, 4.69) is 0 Å². The third kappa shape index (κ3) is 4.16. The summed E-state index contributed by atoms with van der Waals surface area (Å²) in [6.07, 6.45) is -0.0573. The van der Waals surface area contributed by atoms with E-state index in [4.69, 9.17) is 19.3 Å². The van der Waals surface area contributed by atoms with Crippen LogP contribution in [0.1, 0.15) is 26.7 Å². The fraction of sp³-hybridized carbons (Fsp3) is 0.800. The van der Waals surface area contributed by atoms with Gasteiger partial charge < -0.3 is 19.3 Å². The van der Waals surface area contributed by atoms with E-state index < -0.39 is 11.8 Å². The Labute approximate surface area is 93.5 Å². The molecule has 0 aromatic rings. The van der Waals surface area contributed by atoms with Crippen molar-refractivity contribution in [1.82, 2.24) is 0 Å². The third-order valence-corrected chi connectivity index (χ3v) is 2.26. The van der Waals surface area contributed by atoms with Crippen molar-refractivity contribution in [3.8, 4) is 0 Å². The smallest absolute Gasteiger partial charge is 0.303 e. The molecule has 0 aromatic carbocycles. The zero-order valence-corrected chi connectivity index (χ0v) is 9.39. The van der Waals surface area contributed by atoms with Crippen LogP contribution in [0.15, 0.2) is 0 Å². The van der Waals surface area contributed by atoms with Crippen LogP contribution in [0, 0.1) is 0 Å². The molecule has 0 aliphatic carbocycles. The van der Waals surface area contributed by atoms with Gasteiger partial charge in [-0.05, 0) is 6.92 Å². The molecule has 6 heteroatoms. The second-order valence-corrected chi connectivity index (χ2v) is 3.88. The van der Waals surface area contributed by atoms with Crippen LogP contribution in [0.5, 0.6) is 0 Å². The highest BCUT2D eigenvalue weighted by Gasteiger charge is 2.37. The predicted molar refractivity (Wildman–Crippen MR) is 52.7 cm³/mol. The molecule has 0 saturated carbocycles. The van der Waals surface area contributed by atoms with Gasteiger partial charge in [-0.3, -0.25) is 9.59 Å². The molecular weight excluding hydrogens is 216 g/mol. The molecule has 0 spiro atoms. The molecule has 1 heterocycles. The minimum atomic E-state index is -0.892. The SMILES string of the molecule is CC(=O)OCC1COC(C)(CCC(=O)O)O1. The lowest BCUT2D eigenvalue weighted by atomic mass is 10.2. The molecule has 0 radical (unpaired) electrons. The Kier molecular flexibility index (Phi) is 4.26. The number of carboxylic acids is 1. The van der Waals surface area contributed by atoms with E-state index in [1.54, 1.807) is 6.92 Å². The third-order valence-electron chi connectivity index (χ3n) is 2.26. The van der Waals surface area contributed by atoms with Crippen LogP contribution < -0.4 is 0 Å². The Bertz CT molecular complexity index is 276. The fourth-order valence-corrected chi connectivity index (χ4v) is 1.45. The number of carboxylic acid groups (broad SMARTS) is 1. The Morgan fingerprint density at radius 3 is 2.81 bits per heavy atom. The van der Waals surface area contributed by atoms with Crippen LogP contribution in [0.25, 0.3) is 0 Å². The average molecular weight is 232 g/mol. The van der Waals surface area contributed by atoms with E-state index in [1.807, 2.05) is 0 Å². The topological polar surface area (TPSA) is 82.1 Å². The van der Waals surface area contributed by atoms with Crippen molar-refractivity contribution in [3.63, 3.8) is 0 Å². The number of hydrogen-bond acceptors (Lipinski definition) is 5. The van der Waals surface area contributed by atoms with E-state index in [0.29, 0.717) is 6.61 Å². The molecule has 1 saturated heterocycles. The van der Waals surface area contributed by atoms with Crippen molar-refractivity contribution in [1.29, 1.82) is 0 Å². The summed E-state index contributed by atoms with van der Waals surface area (Å²) in [6.45, 7) is 3.45. The number of aliphatic carboxylic acids is 1. The van der Waals surface area contributed by atoms with Gasteiger partial charge in [-0.2, -0.15) is 0 Å². The van der Waals surface area contributed by atoms with Crippen LogP contribution in [0.3, 0.4) is 0 Å². The van der Waals surface area contributed by atoms with Gasteiger partial charge in [0, 0.05) is 13.3 Å². The number of hydrogen-bond donors (Lipinski definition) is 1. The summed E-state index contributed by atoms with van der Waals surface area (Å²) in [7, 11) is 0. The van der Waals surface area contributed by atoms with Crippen molar-refractivity contribution >= 4 is 11.9 Å². The summed E-state index contributed by atoms with van der Waals surface area (Å²) in [4.78, 5) is 21.0. The Hall–Kier alpha value is -1.14. The standard InChI is InChI=1S/C10H16O6/c1-7(11)14-5-8-6-15-10(2,16-8)4-3-9(12)13/h8H,3-6H2,1-2H3,(H,12,13). The number of carbonyl (C=O) groups is 2. The van der Waals surface area contributed by atoms with Gasteiger partial charge in [0.1, 0.15) is 12.7 Å². The Morgan fingerprint density at radius 1 is 1.56 bits per heavy atom. The summed E-state index contributed by atoms with van der Waals surface area (Å²) < 4.78 is 15.6. The normalized spacial score (nSPS) is 29.0. The van der Waals surface area contributed by atoms with Crippen LogP contribution >= 0.6 is 0 Å². The van der Waals surface area contributed by atoms with Crippen LogP contribution in [0.2, 0.25) is 0 Å². The molecule has 2 atom stereocenters. The molecule has 1 N–H and O–H groups in total. The van der Waals surface area contributed by atoms with Gasteiger partial charge >= 0.3 is 11.9 Å². The maximum absolute atomic E-state index is 10.6. The minimum absolute atomic E-state index is 0.0171. The molecule has 16 heavy (non-hydrogen) atoms. The van der Waals surface area contributed by atoms with E-state index in [9.17, 15) is 9.59 Å². The van der Waals surface area contributed by atoms with Crippen LogP contribution in [0.4, 0.5) is 0 Å². The lowest BCUT2D eigenvalue weighted by Crippen LogP contribution is -2.29. The zero-order chi connectivity index (χ0) is 12.2. The van der Waals surface area contributed by atoms with Gasteiger partial charge in [0.05, 0.1) is 13.0 Å². The molecular formula is C10H16O6. The second-order valence-electron chi connectivity index (χ2n) is 3.88. The summed E-state index contributed by atoms with van der Waals surface area (Å²) in [5.74, 6) is -2.15. The van der Waals surface area contributed by atoms with E-state index in [1.165, 1.54) is 6.92 Å². The number of esters is 1. The van der Waals surface area contributed by atoms with Gasteiger partial charge in [0.15, 0.2) is 5.79 Å². The monoisotopic (exact) mass is 232 g/mol. The molecule has 0 bridgehead atoms. The summed E-state index contributed by atoms with van der Waals surface area (Å²) in [5, 5.41) is 8.55. The van der Waals surface area contributed by atoms with E-state index in [-0.39, 0.29) is 31.5 Å². The van der Waals surface area contributed by atoms with Gasteiger partial charge in [-0.25, -0.2) is 0 Å². The molecule has 1 fully saturated rings. The lowest BCUT2D eigenvalue weighted by molar-refractivity contribution is -0.172. The minimum Gasteiger partial charge on any atom is -0.481 e. The average Bonchev–Trinajstić information content (AvgIpc) is 2.55. The molecule has 2 unspecified atom stereocenters. The first-order valence-corrected chi connectivity index (χ1v) is 5.08. The molecule has 0 amide bonds. The molecule has 0 aromatic heterocycles. The molecule has 92 valence electrons. The van der Waals surface area contributed by atoms with Crippen molar-refractivity contribution in [2.75, 3.05) is 13.2 Å². The summed E-state index contributed by atoms with van der Waals surface area (Å²) in [6, 6.07) is 0. The van der Waals surface area contributed by atoms with Gasteiger partial charge in [-0.1, -0.05) is 0 Å². The summed E-state index contributed by atoms with van der Waals surface area (Å²) >= 11 is 0. The number of ether oxygens (including phenoxy) is 3. The van der Waals surface area contributed by atoms with Gasteiger partial charge in [0.2, 0.25) is 0 Å². The highest BCUT2D eigenvalue weighted by atomic mass is 16.7. The lowest BCUT2D eigenvalue weighted by Gasteiger charge is -2.22. The van der Waals surface area contributed by atoms with Crippen molar-refractivity contribution in [2.24, 2.45) is 0 Å². The second kappa shape index (κ2) is 5.27. The fourth-order valence-electron chi connectivity index (χ4n) is 1.45. The van der Waals surface area contributed by atoms with Gasteiger partial charge in [0.25, 0.3) is 0 Å². The first-order chi connectivity index (χ1) is 7.41. The maximum atomic E-state index is 10.6. The number of carbonyl (C=O) groups excluding carboxylic acids is 1. The highest BCUT2D eigenvalue weighted by molar-refractivity contribution is 5.66. The first kappa shape index (κ1) is 12.9. The zero-order valence-electron chi connectivity index (χ0n) is 9.39. The Balaban J connectivity index is 2.32. The predicted octanol–water partition coefficient (Wildman–Crippen LogP) is 0.546. The van der Waals surface area contributed by atoms with Crippen LogP contribution in [-0.4, -0.2) is 42.1 Å². The van der Waals surface area contributed by atoms with Crippen LogP contribution in [-0.2, 0) is 23.8 Å². The van der Waals surface area contributed by atoms with Gasteiger partial charge in [-0.15, -0.1) is 0 Å². The molecule has 1 rings (SSSR count). The first-order valence-electron chi connectivity index (χ1n) is 5.08. The largest absolute Gasteiger partial charge is 0.481 e. The quantitative estimate of drug-likeness (QED) is 0.697. The number of rotatable bonds is 5. The van der Waals surface area contributed by atoms with E-state index >= 15 is 0 Å². The molecule has 1 aliphatic heterocycles. The Morgan fingerprint density at radius 2 is 2.25 bits per heavy atom. The summed E-state index contributed by atoms with van der Waals surface area (Å²) in [5.41, 5.74) is 0. The highest BCUT2D eigenvalue weighted by Crippen LogP contribution is 2.28.